The lowest BCUT2D eigenvalue weighted by molar-refractivity contribution is -0.137. The third-order valence-electron chi connectivity index (χ3n) is 8.93. The molecule has 6 rings (SSSR count). The Morgan fingerprint density at radius 2 is 1.69 bits per heavy atom. The number of nitrogens with one attached hydrogen (secondary N) is 1. The van der Waals surface area contributed by atoms with E-state index >= 15 is 0 Å². The number of amides is 3. The van der Waals surface area contributed by atoms with E-state index in [0.717, 1.165) is 17.0 Å². The molecule has 3 amide bonds. The van der Waals surface area contributed by atoms with Crippen molar-refractivity contribution in [3.63, 3.8) is 0 Å². The fourth-order valence-electron chi connectivity index (χ4n) is 6.87. The fourth-order valence-corrected chi connectivity index (χ4v) is 6.87. The summed E-state index contributed by atoms with van der Waals surface area (Å²) in [5.74, 6) is 0.310. The van der Waals surface area contributed by atoms with Crippen LogP contribution in [0.4, 0.5) is 28.4 Å². The molecule has 4 atom stereocenters. The van der Waals surface area contributed by atoms with Gasteiger partial charge in [0, 0.05) is 30.5 Å². The minimum atomic E-state index is -4.62. The molecule has 2 fully saturated rings. The first-order valence-corrected chi connectivity index (χ1v) is 15.6. The summed E-state index contributed by atoms with van der Waals surface area (Å²) in [6, 6.07) is 14.0. The van der Waals surface area contributed by atoms with Crippen molar-refractivity contribution >= 4 is 23.5 Å². The topological polar surface area (TPSA) is 127 Å². The molecule has 0 spiro atoms. The number of anilines is 1. The lowest BCUT2D eigenvalue weighted by Crippen LogP contribution is -2.50. The number of aliphatic hydroxyl groups excluding tert-OH is 1. The number of allylic oxidation sites excluding steroid dienone is 1. The Morgan fingerprint density at radius 3 is 2.29 bits per heavy atom. The van der Waals surface area contributed by atoms with Crippen molar-refractivity contribution in [2.24, 2.45) is 11.8 Å². The number of halogens is 3. The number of carbonyl (C=O) groups excluding carboxylic acids is 2. The third-order valence-corrected chi connectivity index (χ3v) is 8.93. The van der Waals surface area contributed by atoms with Crippen LogP contribution in [0, 0.1) is 23.2 Å². The van der Waals surface area contributed by atoms with Gasteiger partial charge < -0.3 is 20.1 Å². The number of aliphatic hydroxyl groups is 1. The van der Waals surface area contributed by atoms with Gasteiger partial charge in [-0.3, -0.25) is 4.90 Å². The van der Waals surface area contributed by atoms with Crippen LogP contribution in [0.25, 0.3) is 11.4 Å². The number of fused-ring (bicyclic) bond motifs is 1. The molecule has 0 bridgehead atoms. The van der Waals surface area contributed by atoms with Crippen molar-refractivity contribution in [3.05, 3.63) is 83.3 Å². The Morgan fingerprint density at radius 1 is 1.02 bits per heavy atom. The maximum absolute atomic E-state index is 14.1. The van der Waals surface area contributed by atoms with Crippen molar-refractivity contribution in [3.8, 4) is 11.8 Å². The Balaban J connectivity index is 1.29. The zero-order valence-electron chi connectivity index (χ0n) is 26.9. The van der Waals surface area contributed by atoms with Gasteiger partial charge in [0.1, 0.15) is 5.60 Å². The average molecular weight is 664 g/mol. The number of nitrogens with zero attached hydrogens (tertiary/aromatic N) is 6. The quantitative estimate of drug-likeness (QED) is 0.356. The summed E-state index contributed by atoms with van der Waals surface area (Å²) in [6.45, 7) is 8.08. The van der Waals surface area contributed by atoms with Crippen LogP contribution in [0.1, 0.15) is 57.4 Å². The SMILES string of the molecule is CC1=C(c2ccnn2-c2ccc(C#N)cc2)N(C(=O)N[C@@H]2C[C@@H]3CN(C(=O)OC(C)(C)C)C[C@@H]3C2)C(O)N1c1cccc(C(F)(F)F)c1. The summed E-state index contributed by atoms with van der Waals surface area (Å²) in [6.07, 6.45) is -3.94. The van der Waals surface area contributed by atoms with Gasteiger partial charge in [-0.15, -0.1) is 0 Å². The number of aromatic nitrogens is 2. The number of alkyl halides is 3. The smallest absolute Gasteiger partial charge is 0.416 e. The maximum atomic E-state index is 14.1. The van der Waals surface area contributed by atoms with Gasteiger partial charge in [-0.1, -0.05) is 6.07 Å². The second-order valence-corrected chi connectivity index (χ2v) is 13.4. The third kappa shape index (κ3) is 6.29. The highest BCUT2D eigenvalue weighted by Gasteiger charge is 2.47. The summed E-state index contributed by atoms with van der Waals surface area (Å²) >= 11 is 0. The number of benzene rings is 2. The molecule has 1 saturated carbocycles. The minimum absolute atomic E-state index is 0.0460. The standard InChI is InChI=1S/C34H36F3N7O4/c1-20-29(28-12-13-39-44(28)26-10-8-21(17-38)9-11-26)43(31(46)42(20)27-7-5-6-24(16-27)34(35,36)37)30(45)40-25-14-22-18-41(19-23(22)15-25)32(47)48-33(2,3)4/h5-13,16,22-23,25,31,46H,14-15,18-19H2,1-4H3,(H,40,45)/t22-,23+,25-,31?. The van der Waals surface area contributed by atoms with Gasteiger partial charge in [0.2, 0.25) is 6.35 Å². The molecule has 2 aliphatic heterocycles. The molecular formula is C34H36F3N7O4. The number of hydrogen-bond acceptors (Lipinski definition) is 7. The van der Waals surface area contributed by atoms with Crippen LogP contribution in [0.15, 0.2) is 66.5 Å². The molecule has 11 nitrogen and oxygen atoms in total. The Bertz CT molecular complexity index is 1780. The molecule has 252 valence electrons. The number of urea groups is 1. The zero-order valence-corrected chi connectivity index (χ0v) is 26.9. The molecule has 2 N–H and O–H groups in total. The molecule has 1 saturated heterocycles. The molecule has 3 aliphatic rings. The summed E-state index contributed by atoms with van der Waals surface area (Å²) in [5, 5.41) is 28.4. The molecule has 3 heterocycles. The number of likely N-dealkylation sites (tertiary alicyclic amines) is 1. The Kier molecular flexibility index (Phi) is 8.36. The van der Waals surface area contributed by atoms with Crippen molar-refractivity contribution < 1.29 is 32.6 Å². The van der Waals surface area contributed by atoms with Crippen molar-refractivity contribution in [1.82, 2.24) is 24.9 Å². The average Bonchev–Trinajstić information content (AvgIpc) is 3.78. The lowest BCUT2D eigenvalue weighted by atomic mass is 10.0. The Hall–Kier alpha value is -5.03. The maximum Gasteiger partial charge on any atom is 0.416 e. The van der Waals surface area contributed by atoms with Gasteiger partial charge in [0.15, 0.2) is 0 Å². The molecular weight excluding hydrogens is 627 g/mol. The molecule has 2 aromatic carbocycles. The number of rotatable bonds is 4. The number of carbonyl (C=O) groups is 2. The van der Waals surface area contributed by atoms with Gasteiger partial charge in [-0.05, 0) is 101 Å². The van der Waals surface area contributed by atoms with Crippen molar-refractivity contribution in [2.75, 3.05) is 18.0 Å². The van der Waals surface area contributed by atoms with Gasteiger partial charge in [0.25, 0.3) is 0 Å². The van der Waals surface area contributed by atoms with E-state index in [-0.39, 0.29) is 35.4 Å². The number of ether oxygens (including phenoxy) is 1. The molecule has 14 heteroatoms. The molecule has 1 aromatic heterocycles. The normalized spacial score (nSPS) is 22.6. The fraction of sp³-hybridized carbons (Fsp3) is 0.412. The summed E-state index contributed by atoms with van der Waals surface area (Å²) in [7, 11) is 0. The Labute approximate surface area is 275 Å². The number of nitriles is 1. The van der Waals surface area contributed by atoms with Crippen LogP contribution in [0.2, 0.25) is 0 Å². The molecule has 1 aliphatic carbocycles. The predicted molar refractivity (Wildman–Crippen MR) is 169 cm³/mol. The lowest BCUT2D eigenvalue weighted by Gasteiger charge is -2.30. The van der Waals surface area contributed by atoms with Gasteiger partial charge >= 0.3 is 18.3 Å². The van der Waals surface area contributed by atoms with E-state index in [1.54, 1.807) is 42.2 Å². The number of hydrogen-bond donors (Lipinski definition) is 2. The second kappa shape index (κ2) is 12.2. The van der Waals surface area contributed by atoms with E-state index in [4.69, 9.17) is 4.74 Å². The molecule has 48 heavy (non-hydrogen) atoms. The summed E-state index contributed by atoms with van der Waals surface area (Å²) in [5.41, 5.74) is 0.512. The van der Waals surface area contributed by atoms with E-state index < -0.39 is 29.7 Å². The van der Waals surface area contributed by atoms with Crippen molar-refractivity contribution in [1.29, 1.82) is 5.26 Å². The first-order chi connectivity index (χ1) is 22.6. The second-order valence-electron chi connectivity index (χ2n) is 13.4. The highest BCUT2D eigenvalue weighted by Crippen LogP contribution is 2.42. The van der Waals surface area contributed by atoms with Gasteiger partial charge in [-0.2, -0.15) is 23.5 Å². The molecule has 0 radical (unpaired) electrons. The van der Waals surface area contributed by atoms with Crippen LogP contribution in [-0.4, -0.2) is 67.9 Å². The first kappa shape index (κ1) is 32.9. The van der Waals surface area contributed by atoms with E-state index in [1.807, 2.05) is 20.8 Å². The van der Waals surface area contributed by atoms with Gasteiger partial charge in [-0.25, -0.2) is 19.2 Å². The van der Waals surface area contributed by atoms with Gasteiger partial charge in [0.05, 0.1) is 40.5 Å². The van der Waals surface area contributed by atoms with E-state index in [2.05, 4.69) is 16.5 Å². The van der Waals surface area contributed by atoms with Crippen molar-refractivity contribution in [2.45, 2.75) is 64.7 Å². The largest absolute Gasteiger partial charge is 0.444 e. The first-order valence-electron chi connectivity index (χ1n) is 15.6. The summed E-state index contributed by atoms with van der Waals surface area (Å²) < 4.78 is 48.1. The zero-order chi connectivity index (χ0) is 34.5. The van der Waals surface area contributed by atoms with Crippen LogP contribution in [0.5, 0.6) is 0 Å². The van der Waals surface area contributed by atoms with Crippen LogP contribution < -0.4 is 10.2 Å². The highest BCUT2D eigenvalue weighted by atomic mass is 19.4. The summed E-state index contributed by atoms with van der Waals surface area (Å²) in [4.78, 5) is 30.9. The monoisotopic (exact) mass is 663 g/mol. The predicted octanol–water partition coefficient (Wildman–Crippen LogP) is 5.90. The highest BCUT2D eigenvalue weighted by molar-refractivity contribution is 5.90. The van der Waals surface area contributed by atoms with E-state index in [0.29, 0.717) is 48.6 Å². The van der Waals surface area contributed by atoms with Crippen LogP contribution >= 0.6 is 0 Å². The van der Waals surface area contributed by atoms with Crippen LogP contribution in [-0.2, 0) is 10.9 Å². The molecule has 1 unspecified atom stereocenters. The molecule has 3 aromatic rings. The van der Waals surface area contributed by atoms with E-state index in [9.17, 15) is 33.1 Å². The van der Waals surface area contributed by atoms with Crippen LogP contribution in [0.3, 0.4) is 0 Å². The van der Waals surface area contributed by atoms with E-state index in [1.165, 1.54) is 27.9 Å². The minimum Gasteiger partial charge on any atom is -0.444 e.